The fourth-order valence-electron chi connectivity index (χ4n) is 1.35. The number of rotatable bonds is 2. The van der Waals surface area contributed by atoms with E-state index in [1.54, 1.807) is 20.2 Å². The SMILES string of the molecule is COc1ccc(C)nc1N(C)C(=O)OC(C)(C)C. The van der Waals surface area contributed by atoms with Crippen molar-refractivity contribution >= 4 is 11.9 Å². The van der Waals surface area contributed by atoms with Gasteiger partial charge < -0.3 is 9.47 Å². The Hall–Kier alpha value is -1.78. The number of nitrogens with zero attached hydrogens (tertiary/aromatic N) is 2. The molecule has 1 heterocycles. The molecule has 100 valence electrons. The van der Waals surface area contributed by atoms with E-state index in [9.17, 15) is 4.79 Å². The summed E-state index contributed by atoms with van der Waals surface area (Å²) >= 11 is 0. The molecule has 5 nitrogen and oxygen atoms in total. The lowest BCUT2D eigenvalue weighted by Crippen LogP contribution is -2.34. The van der Waals surface area contributed by atoms with E-state index in [0.717, 1.165) is 5.69 Å². The van der Waals surface area contributed by atoms with E-state index in [0.29, 0.717) is 11.6 Å². The summed E-state index contributed by atoms with van der Waals surface area (Å²) in [6, 6.07) is 3.60. The minimum Gasteiger partial charge on any atom is -0.493 e. The number of aryl methyl sites for hydroxylation is 1. The summed E-state index contributed by atoms with van der Waals surface area (Å²) in [4.78, 5) is 17.6. The summed E-state index contributed by atoms with van der Waals surface area (Å²) in [6.07, 6.45) is -0.459. The standard InChI is InChI=1S/C13H20N2O3/c1-9-7-8-10(17-6)11(14-9)15(5)12(16)18-13(2,3)4/h7-8H,1-6H3. The van der Waals surface area contributed by atoms with Gasteiger partial charge in [-0.15, -0.1) is 0 Å². The maximum absolute atomic E-state index is 11.9. The molecular formula is C13H20N2O3. The lowest BCUT2D eigenvalue weighted by atomic mass is 10.2. The van der Waals surface area contributed by atoms with Gasteiger partial charge in [0.25, 0.3) is 0 Å². The van der Waals surface area contributed by atoms with Gasteiger partial charge in [-0.05, 0) is 39.8 Å². The van der Waals surface area contributed by atoms with Crippen LogP contribution in [0.5, 0.6) is 5.75 Å². The molecule has 0 atom stereocenters. The third-order valence-corrected chi connectivity index (χ3v) is 2.18. The zero-order valence-corrected chi connectivity index (χ0v) is 11.8. The largest absolute Gasteiger partial charge is 0.493 e. The van der Waals surface area contributed by atoms with Crippen molar-refractivity contribution in [2.75, 3.05) is 19.1 Å². The van der Waals surface area contributed by atoms with Crippen LogP contribution < -0.4 is 9.64 Å². The van der Waals surface area contributed by atoms with Gasteiger partial charge in [0, 0.05) is 12.7 Å². The number of ether oxygens (including phenoxy) is 2. The van der Waals surface area contributed by atoms with Crippen LogP contribution in [0.4, 0.5) is 10.6 Å². The number of carbonyl (C=O) groups is 1. The Morgan fingerprint density at radius 1 is 1.33 bits per heavy atom. The quantitative estimate of drug-likeness (QED) is 0.812. The van der Waals surface area contributed by atoms with E-state index >= 15 is 0 Å². The molecule has 1 aromatic heterocycles. The molecule has 0 unspecified atom stereocenters. The summed E-state index contributed by atoms with van der Waals surface area (Å²) in [5.41, 5.74) is 0.267. The van der Waals surface area contributed by atoms with Crippen molar-refractivity contribution in [1.82, 2.24) is 4.98 Å². The molecular weight excluding hydrogens is 232 g/mol. The van der Waals surface area contributed by atoms with Crippen LogP contribution in [0, 0.1) is 6.92 Å². The van der Waals surface area contributed by atoms with E-state index in [4.69, 9.17) is 9.47 Å². The topological polar surface area (TPSA) is 51.7 Å². The number of methoxy groups -OCH3 is 1. The minimum atomic E-state index is -0.539. The molecule has 0 radical (unpaired) electrons. The number of carbonyl (C=O) groups excluding carboxylic acids is 1. The van der Waals surface area contributed by atoms with E-state index in [2.05, 4.69) is 4.98 Å². The fourth-order valence-corrected chi connectivity index (χ4v) is 1.35. The van der Waals surface area contributed by atoms with Crippen molar-refractivity contribution in [2.45, 2.75) is 33.3 Å². The third-order valence-electron chi connectivity index (χ3n) is 2.18. The highest BCUT2D eigenvalue weighted by atomic mass is 16.6. The molecule has 0 aliphatic carbocycles. The predicted molar refractivity (Wildman–Crippen MR) is 70.2 cm³/mol. The summed E-state index contributed by atoms with van der Waals surface area (Å²) in [5.74, 6) is 0.987. The highest BCUT2D eigenvalue weighted by molar-refractivity contribution is 5.87. The molecule has 1 rings (SSSR count). The van der Waals surface area contributed by atoms with Gasteiger partial charge in [0.05, 0.1) is 7.11 Å². The van der Waals surface area contributed by atoms with Crippen LogP contribution in [-0.4, -0.2) is 30.8 Å². The number of hydrogen-bond acceptors (Lipinski definition) is 4. The molecule has 1 amide bonds. The molecule has 18 heavy (non-hydrogen) atoms. The second-order valence-electron chi connectivity index (χ2n) is 5.02. The molecule has 0 N–H and O–H groups in total. The molecule has 0 bridgehead atoms. The molecule has 0 saturated carbocycles. The summed E-state index contributed by atoms with van der Waals surface area (Å²) in [6.45, 7) is 7.31. The van der Waals surface area contributed by atoms with Crippen molar-refractivity contribution in [3.63, 3.8) is 0 Å². The average molecular weight is 252 g/mol. The van der Waals surface area contributed by atoms with Gasteiger partial charge in [0.15, 0.2) is 11.6 Å². The highest BCUT2D eigenvalue weighted by Crippen LogP contribution is 2.26. The first kappa shape index (κ1) is 14.3. The van der Waals surface area contributed by atoms with Gasteiger partial charge in [-0.1, -0.05) is 0 Å². The van der Waals surface area contributed by atoms with Crippen LogP contribution in [-0.2, 0) is 4.74 Å². The van der Waals surface area contributed by atoms with Gasteiger partial charge in [-0.25, -0.2) is 9.78 Å². The van der Waals surface area contributed by atoms with E-state index < -0.39 is 11.7 Å². The molecule has 0 fully saturated rings. The molecule has 0 aliphatic heterocycles. The monoisotopic (exact) mass is 252 g/mol. The van der Waals surface area contributed by atoms with Crippen molar-refractivity contribution in [1.29, 1.82) is 0 Å². The Balaban J connectivity index is 2.99. The van der Waals surface area contributed by atoms with Gasteiger partial charge in [0.1, 0.15) is 5.60 Å². The normalized spacial score (nSPS) is 11.0. The van der Waals surface area contributed by atoms with Gasteiger partial charge >= 0.3 is 6.09 Å². The van der Waals surface area contributed by atoms with Crippen molar-refractivity contribution in [3.05, 3.63) is 17.8 Å². The number of aromatic nitrogens is 1. The number of hydrogen-bond donors (Lipinski definition) is 0. The number of pyridine rings is 1. The minimum absolute atomic E-state index is 0.451. The maximum Gasteiger partial charge on any atom is 0.415 e. The lowest BCUT2D eigenvalue weighted by Gasteiger charge is -2.25. The molecule has 5 heteroatoms. The Morgan fingerprint density at radius 3 is 2.44 bits per heavy atom. The first-order valence-electron chi connectivity index (χ1n) is 5.73. The van der Waals surface area contributed by atoms with Crippen LogP contribution >= 0.6 is 0 Å². The van der Waals surface area contributed by atoms with Gasteiger partial charge in [-0.3, -0.25) is 4.90 Å². The number of amides is 1. The highest BCUT2D eigenvalue weighted by Gasteiger charge is 2.23. The van der Waals surface area contributed by atoms with Crippen LogP contribution in [0.25, 0.3) is 0 Å². The predicted octanol–water partition coefficient (Wildman–Crippen LogP) is 2.77. The van der Waals surface area contributed by atoms with E-state index in [1.165, 1.54) is 4.90 Å². The zero-order chi connectivity index (χ0) is 13.9. The van der Waals surface area contributed by atoms with Crippen LogP contribution in [0.2, 0.25) is 0 Å². The Kier molecular flexibility index (Phi) is 4.16. The molecule has 0 aromatic carbocycles. The smallest absolute Gasteiger partial charge is 0.415 e. The molecule has 1 aromatic rings. The Bertz CT molecular complexity index is 438. The zero-order valence-electron chi connectivity index (χ0n) is 11.8. The lowest BCUT2D eigenvalue weighted by molar-refractivity contribution is 0.0587. The Labute approximate surface area is 108 Å². The van der Waals surface area contributed by atoms with Crippen LogP contribution in [0.15, 0.2) is 12.1 Å². The molecule has 0 spiro atoms. The van der Waals surface area contributed by atoms with Crippen molar-refractivity contribution < 1.29 is 14.3 Å². The first-order valence-corrected chi connectivity index (χ1v) is 5.73. The van der Waals surface area contributed by atoms with Crippen LogP contribution in [0.3, 0.4) is 0 Å². The van der Waals surface area contributed by atoms with Crippen LogP contribution in [0.1, 0.15) is 26.5 Å². The summed E-state index contributed by atoms with van der Waals surface area (Å²) < 4.78 is 10.5. The molecule has 0 saturated heterocycles. The second-order valence-corrected chi connectivity index (χ2v) is 5.02. The van der Waals surface area contributed by atoms with Crippen molar-refractivity contribution in [2.24, 2.45) is 0 Å². The maximum atomic E-state index is 11.9. The number of anilines is 1. The molecule has 0 aliphatic rings. The average Bonchev–Trinajstić information content (AvgIpc) is 2.25. The second kappa shape index (κ2) is 5.25. The van der Waals surface area contributed by atoms with Gasteiger partial charge in [-0.2, -0.15) is 0 Å². The van der Waals surface area contributed by atoms with E-state index in [1.807, 2.05) is 33.8 Å². The summed E-state index contributed by atoms with van der Waals surface area (Å²) in [7, 11) is 3.15. The van der Waals surface area contributed by atoms with Crippen molar-refractivity contribution in [3.8, 4) is 5.75 Å². The third kappa shape index (κ3) is 3.61. The summed E-state index contributed by atoms with van der Waals surface area (Å²) in [5, 5.41) is 0. The first-order chi connectivity index (χ1) is 8.24. The van der Waals surface area contributed by atoms with Gasteiger partial charge in [0.2, 0.25) is 0 Å². The fraction of sp³-hybridized carbons (Fsp3) is 0.538. The Morgan fingerprint density at radius 2 is 1.94 bits per heavy atom. The van der Waals surface area contributed by atoms with E-state index in [-0.39, 0.29) is 0 Å².